The van der Waals surface area contributed by atoms with Gasteiger partial charge in [-0.15, -0.1) is 0 Å². The maximum absolute atomic E-state index is 11.4. The number of rotatable bonds is 3. The van der Waals surface area contributed by atoms with Crippen molar-refractivity contribution in [3.63, 3.8) is 0 Å². The molecule has 0 saturated heterocycles. The van der Waals surface area contributed by atoms with Crippen LogP contribution in [0.25, 0.3) is 22.0 Å². The van der Waals surface area contributed by atoms with Crippen molar-refractivity contribution in [2.45, 2.75) is 13.3 Å². The summed E-state index contributed by atoms with van der Waals surface area (Å²) >= 11 is 0. The zero-order valence-corrected chi connectivity index (χ0v) is 12.1. The molecule has 3 aromatic rings. The average molecular weight is 279 g/mol. The van der Waals surface area contributed by atoms with Crippen molar-refractivity contribution in [1.82, 2.24) is 4.98 Å². The van der Waals surface area contributed by atoms with E-state index >= 15 is 0 Å². The van der Waals surface area contributed by atoms with Gasteiger partial charge >= 0.3 is 0 Å². The van der Waals surface area contributed by atoms with E-state index in [-0.39, 0.29) is 5.56 Å². The second-order valence-electron chi connectivity index (χ2n) is 4.97. The second-order valence-corrected chi connectivity index (χ2v) is 4.97. The molecule has 0 atom stereocenters. The van der Waals surface area contributed by atoms with Crippen molar-refractivity contribution < 1.29 is 4.74 Å². The summed E-state index contributed by atoms with van der Waals surface area (Å²) in [5.74, 6) is 0.769. The molecule has 0 aliphatic rings. The number of hydrogen-bond donors (Lipinski definition) is 1. The third kappa shape index (κ3) is 2.42. The van der Waals surface area contributed by atoms with E-state index in [0.29, 0.717) is 0 Å². The Morgan fingerprint density at radius 1 is 1.05 bits per heavy atom. The summed E-state index contributed by atoms with van der Waals surface area (Å²) < 4.78 is 5.53. The highest BCUT2D eigenvalue weighted by atomic mass is 16.5. The maximum atomic E-state index is 11.4. The Hall–Kier alpha value is -2.55. The smallest absolute Gasteiger partial charge is 0.248 e. The standard InChI is InChI=1S/C18H17NO2/c1-3-12-6-4-5-7-14(12)15-10-13-8-9-18(20)19-16(13)11-17(15)21-2/h4-11H,3H2,1-2H3,(H,19,20). The minimum Gasteiger partial charge on any atom is -0.496 e. The highest BCUT2D eigenvalue weighted by molar-refractivity contribution is 5.88. The second kappa shape index (κ2) is 5.44. The molecule has 3 heteroatoms. The molecule has 106 valence electrons. The van der Waals surface area contributed by atoms with Gasteiger partial charge in [-0.1, -0.05) is 31.2 Å². The van der Waals surface area contributed by atoms with Crippen LogP contribution >= 0.6 is 0 Å². The van der Waals surface area contributed by atoms with E-state index in [2.05, 4.69) is 30.1 Å². The molecular formula is C18H17NO2. The minimum absolute atomic E-state index is 0.105. The molecule has 0 spiro atoms. The molecule has 0 unspecified atom stereocenters. The quantitative estimate of drug-likeness (QED) is 0.793. The van der Waals surface area contributed by atoms with Crippen LogP contribution in [0.15, 0.2) is 53.3 Å². The first-order valence-corrected chi connectivity index (χ1v) is 7.02. The van der Waals surface area contributed by atoms with E-state index in [4.69, 9.17) is 4.74 Å². The third-order valence-electron chi connectivity index (χ3n) is 3.73. The third-order valence-corrected chi connectivity index (χ3v) is 3.73. The Bertz CT molecular complexity index is 849. The molecule has 2 aromatic carbocycles. The molecule has 1 aromatic heterocycles. The van der Waals surface area contributed by atoms with Crippen LogP contribution in [-0.4, -0.2) is 12.1 Å². The Balaban J connectivity index is 2.31. The molecule has 0 radical (unpaired) electrons. The van der Waals surface area contributed by atoms with Crippen molar-refractivity contribution in [1.29, 1.82) is 0 Å². The molecule has 0 saturated carbocycles. The topological polar surface area (TPSA) is 42.1 Å². The number of aromatic amines is 1. The summed E-state index contributed by atoms with van der Waals surface area (Å²) in [6, 6.07) is 15.7. The van der Waals surface area contributed by atoms with E-state index in [1.165, 1.54) is 11.1 Å². The molecule has 3 nitrogen and oxygen atoms in total. The fourth-order valence-corrected chi connectivity index (χ4v) is 2.65. The summed E-state index contributed by atoms with van der Waals surface area (Å²) in [6.07, 6.45) is 0.961. The van der Waals surface area contributed by atoms with E-state index in [1.807, 2.05) is 24.3 Å². The zero-order chi connectivity index (χ0) is 14.8. The van der Waals surface area contributed by atoms with Crippen LogP contribution in [0.3, 0.4) is 0 Å². The lowest BCUT2D eigenvalue weighted by Gasteiger charge is -2.13. The van der Waals surface area contributed by atoms with Crippen LogP contribution in [0.1, 0.15) is 12.5 Å². The van der Waals surface area contributed by atoms with E-state index in [0.717, 1.165) is 28.6 Å². The van der Waals surface area contributed by atoms with Crippen molar-refractivity contribution >= 4 is 10.9 Å². The van der Waals surface area contributed by atoms with Crippen LogP contribution in [0.2, 0.25) is 0 Å². The number of aryl methyl sites for hydroxylation is 1. The van der Waals surface area contributed by atoms with Gasteiger partial charge in [0.2, 0.25) is 5.56 Å². The lowest BCUT2D eigenvalue weighted by Crippen LogP contribution is -2.03. The SMILES string of the molecule is CCc1ccccc1-c1cc2ccc(=O)[nH]c2cc1OC. The van der Waals surface area contributed by atoms with Gasteiger partial charge in [0.1, 0.15) is 5.75 Å². The predicted octanol–water partition coefficient (Wildman–Crippen LogP) is 3.77. The maximum Gasteiger partial charge on any atom is 0.248 e. The molecule has 21 heavy (non-hydrogen) atoms. The molecule has 3 rings (SSSR count). The van der Waals surface area contributed by atoms with E-state index in [9.17, 15) is 4.79 Å². The molecule has 0 bridgehead atoms. The molecule has 0 fully saturated rings. The largest absolute Gasteiger partial charge is 0.496 e. The molecule has 0 amide bonds. The van der Waals surface area contributed by atoms with Crippen LogP contribution in [0.4, 0.5) is 0 Å². The Morgan fingerprint density at radius 2 is 1.86 bits per heavy atom. The van der Waals surface area contributed by atoms with Gasteiger partial charge in [-0.3, -0.25) is 4.79 Å². The minimum atomic E-state index is -0.105. The first-order chi connectivity index (χ1) is 10.2. The van der Waals surface area contributed by atoms with E-state index < -0.39 is 0 Å². The molecule has 0 aliphatic carbocycles. The van der Waals surface area contributed by atoms with Gasteiger partial charge in [-0.25, -0.2) is 0 Å². The van der Waals surface area contributed by atoms with Crippen LogP contribution in [-0.2, 0) is 6.42 Å². The summed E-state index contributed by atoms with van der Waals surface area (Å²) in [5, 5.41) is 0.997. The molecule has 1 heterocycles. The Labute approximate surface area is 123 Å². The zero-order valence-electron chi connectivity index (χ0n) is 12.1. The molecule has 1 N–H and O–H groups in total. The Morgan fingerprint density at radius 3 is 2.62 bits per heavy atom. The Kier molecular flexibility index (Phi) is 3.48. The lowest BCUT2D eigenvalue weighted by molar-refractivity contribution is 0.417. The van der Waals surface area contributed by atoms with E-state index in [1.54, 1.807) is 13.2 Å². The fraction of sp³-hybridized carbons (Fsp3) is 0.167. The van der Waals surface area contributed by atoms with Gasteiger partial charge in [0, 0.05) is 17.7 Å². The van der Waals surface area contributed by atoms with Crippen molar-refractivity contribution in [3.05, 3.63) is 64.4 Å². The van der Waals surface area contributed by atoms with Crippen molar-refractivity contribution in [2.24, 2.45) is 0 Å². The number of H-pyrrole nitrogens is 1. The van der Waals surface area contributed by atoms with Gasteiger partial charge in [-0.2, -0.15) is 0 Å². The number of methoxy groups -OCH3 is 1. The highest BCUT2D eigenvalue weighted by Gasteiger charge is 2.11. The van der Waals surface area contributed by atoms with Gasteiger partial charge < -0.3 is 9.72 Å². The number of aromatic nitrogens is 1. The lowest BCUT2D eigenvalue weighted by atomic mass is 9.96. The summed E-state index contributed by atoms with van der Waals surface area (Å²) in [7, 11) is 1.65. The van der Waals surface area contributed by atoms with Gasteiger partial charge in [0.05, 0.1) is 12.6 Å². The normalized spacial score (nSPS) is 10.8. The summed E-state index contributed by atoms with van der Waals surface area (Å²) in [6.45, 7) is 2.14. The fourth-order valence-electron chi connectivity index (χ4n) is 2.65. The highest BCUT2D eigenvalue weighted by Crippen LogP contribution is 2.35. The first-order valence-electron chi connectivity index (χ1n) is 7.02. The summed E-state index contributed by atoms with van der Waals surface area (Å²) in [4.78, 5) is 14.3. The number of fused-ring (bicyclic) bond motifs is 1. The van der Waals surface area contributed by atoms with Crippen molar-refractivity contribution in [3.8, 4) is 16.9 Å². The van der Waals surface area contributed by atoms with Crippen LogP contribution in [0.5, 0.6) is 5.75 Å². The number of benzene rings is 2. The first kappa shape index (κ1) is 13.4. The number of hydrogen-bond acceptors (Lipinski definition) is 2. The van der Waals surface area contributed by atoms with Crippen LogP contribution in [0, 0.1) is 0 Å². The van der Waals surface area contributed by atoms with Crippen LogP contribution < -0.4 is 10.3 Å². The van der Waals surface area contributed by atoms with Gasteiger partial charge in [0.25, 0.3) is 0 Å². The predicted molar refractivity (Wildman–Crippen MR) is 85.9 cm³/mol. The van der Waals surface area contributed by atoms with Gasteiger partial charge in [-0.05, 0) is 35.1 Å². The van der Waals surface area contributed by atoms with Gasteiger partial charge in [0.15, 0.2) is 0 Å². The summed E-state index contributed by atoms with van der Waals surface area (Å²) in [5.41, 5.74) is 4.18. The monoisotopic (exact) mass is 279 g/mol. The average Bonchev–Trinajstić information content (AvgIpc) is 2.53. The number of nitrogens with one attached hydrogen (secondary N) is 1. The van der Waals surface area contributed by atoms with Crippen molar-refractivity contribution in [2.75, 3.05) is 7.11 Å². The number of pyridine rings is 1. The number of ether oxygens (including phenoxy) is 1. The molecular weight excluding hydrogens is 262 g/mol. The molecule has 0 aliphatic heterocycles.